The van der Waals surface area contributed by atoms with Gasteiger partial charge in [0.15, 0.2) is 0 Å². The smallest absolute Gasteiger partial charge is 0.0106 e. The largest absolute Gasteiger partial charge is 0.357 e. The van der Waals surface area contributed by atoms with Crippen molar-refractivity contribution < 1.29 is 0 Å². The van der Waals surface area contributed by atoms with Crippen molar-refractivity contribution in [2.75, 3.05) is 0 Å². The number of aryl methyl sites for hydroxylation is 1. The summed E-state index contributed by atoms with van der Waals surface area (Å²) < 4.78 is 2.14. The van der Waals surface area contributed by atoms with E-state index in [9.17, 15) is 0 Å². The molecule has 0 aliphatic heterocycles. The van der Waals surface area contributed by atoms with Crippen LogP contribution in [0.5, 0.6) is 0 Å². The van der Waals surface area contributed by atoms with Gasteiger partial charge in [0.1, 0.15) is 0 Å². The Labute approximate surface area is 79.7 Å². The summed E-state index contributed by atoms with van der Waals surface area (Å²) in [4.78, 5) is 0. The standard InChI is InChI=1S/C11H18N2/c1-7-4-9-5-13(3)6-10(9)11(7)8(2)12/h5-8,11H,4,12H2,1-3H3. The molecule has 1 aliphatic carbocycles. The Morgan fingerprint density at radius 1 is 1.54 bits per heavy atom. The number of nitrogens with zero attached hydrogens (tertiary/aromatic N) is 1. The molecule has 13 heavy (non-hydrogen) atoms. The third-order valence-corrected chi connectivity index (χ3v) is 3.15. The SMILES string of the molecule is CC(N)C1c2cn(C)cc2CC1C. The Morgan fingerprint density at radius 3 is 2.85 bits per heavy atom. The maximum atomic E-state index is 6.00. The summed E-state index contributed by atoms with van der Waals surface area (Å²) in [6.45, 7) is 4.41. The molecule has 0 saturated carbocycles. The predicted molar refractivity (Wildman–Crippen MR) is 54.7 cm³/mol. The third-order valence-electron chi connectivity index (χ3n) is 3.15. The van der Waals surface area contributed by atoms with E-state index in [1.807, 2.05) is 0 Å². The normalized spacial score (nSPS) is 28.9. The topological polar surface area (TPSA) is 30.9 Å². The van der Waals surface area contributed by atoms with Crippen LogP contribution in [0.2, 0.25) is 0 Å². The zero-order chi connectivity index (χ0) is 9.59. The monoisotopic (exact) mass is 178 g/mol. The number of rotatable bonds is 1. The van der Waals surface area contributed by atoms with Crippen LogP contribution >= 0.6 is 0 Å². The van der Waals surface area contributed by atoms with Crippen LogP contribution < -0.4 is 5.73 Å². The van der Waals surface area contributed by atoms with Crippen molar-refractivity contribution in [1.29, 1.82) is 0 Å². The molecule has 2 nitrogen and oxygen atoms in total. The van der Waals surface area contributed by atoms with Crippen LogP contribution in [0.25, 0.3) is 0 Å². The maximum absolute atomic E-state index is 6.00. The number of nitrogens with two attached hydrogens (primary N) is 1. The molecule has 1 aromatic rings. The first-order valence-electron chi connectivity index (χ1n) is 5.00. The number of aromatic nitrogens is 1. The molecule has 2 rings (SSSR count). The molecule has 72 valence electrons. The fourth-order valence-corrected chi connectivity index (χ4v) is 2.71. The molecule has 3 unspecified atom stereocenters. The van der Waals surface area contributed by atoms with E-state index in [0.717, 1.165) is 0 Å². The minimum absolute atomic E-state index is 0.277. The molecule has 2 N–H and O–H groups in total. The molecule has 2 heteroatoms. The lowest BCUT2D eigenvalue weighted by Crippen LogP contribution is -2.27. The van der Waals surface area contributed by atoms with E-state index in [1.54, 1.807) is 0 Å². The Hall–Kier alpha value is -0.760. The maximum Gasteiger partial charge on any atom is 0.0106 e. The van der Waals surface area contributed by atoms with Gasteiger partial charge in [0.2, 0.25) is 0 Å². The second kappa shape index (κ2) is 2.88. The summed E-state index contributed by atoms with van der Waals surface area (Å²) >= 11 is 0. The second-order valence-electron chi connectivity index (χ2n) is 4.47. The molecule has 0 spiro atoms. The molecule has 1 aliphatic rings. The zero-order valence-electron chi connectivity index (χ0n) is 8.62. The Bertz CT molecular complexity index is 312. The quantitative estimate of drug-likeness (QED) is 0.696. The number of hydrogen-bond acceptors (Lipinski definition) is 1. The van der Waals surface area contributed by atoms with Crippen molar-refractivity contribution >= 4 is 0 Å². The van der Waals surface area contributed by atoms with E-state index in [-0.39, 0.29) is 6.04 Å². The fraction of sp³-hybridized carbons (Fsp3) is 0.636. The number of hydrogen-bond donors (Lipinski definition) is 1. The van der Waals surface area contributed by atoms with Gasteiger partial charge in [0.25, 0.3) is 0 Å². The van der Waals surface area contributed by atoms with E-state index in [2.05, 4.69) is 37.9 Å². The predicted octanol–water partition coefficient (Wildman–Crippen LogP) is 1.65. The minimum Gasteiger partial charge on any atom is -0.357 e. The fourth-order valence-electron chi connectivity index (χ4n) is 2.71. The lowest BCUT2D eigenvalue weighted by Gasteiger charge is -2.20. The molecule has 0 saturated heterocycles. The summed E-state index contributed by atoms with van der Waals surface area (Å²) in [5, 5.41) is 0. The summed E-state index contributed by atoms with van der Waals surface area (Å²) in [6, 6.07) is 0.277. The molecule has 0 radical (unpaired) electrons. The van der Waals surface area contributed by atoms with E-state index >= 15 is 0 Å². The van der Waals surface area contributed by atoms with Gasteiger partial charge in [-0.15, -0.1) is 0 Å². The molecular weight excluding hydrogens is 160 g/mol. The molecular formula is C11H18N2. The average Bonchev–Trinajstić information content (AvgIpc) is 2.41. The van der Waals surface area contributed by atoms with Gasteiger partial charge in [-0.1, -0.05) is 6.92 Å². The van der Waals surface area contributed by atoms with Gasteiger partial charge in [-0.3, -0.25) is 0 Å². The van der Waals surface area contributed by atoms with Gasteiger partial charge in [-0.25, -0.2) is 0 Å². The highest BCUT2D eigenvalue weighted by Crippen LogP contribution is 2.39. The number of fused-ring (bicyclic) bond motifs is 1. The Balaban J connectivity index is 2.38. The Kier molecular flexibility index (Phi) is 1.95. The molecule has 1 aromatic heterocycles. The van der Waals surface area contributed by atoms with E-state index in [1.165, 1.54) is 17.5 Å². The van der Waals surface area contributed by atoms with Crippen LogP contribution in [0.15, 0.2) is 12.4 Å². The highest BCUT2D eigenvalue weighted by Gasteiger charge is 2.32. The average molecular weight is 178 g/mol. The summed E-state index contributed by atoms with van der Waals surface area (Å²) in [5.41, 5.74) is 8.98. The van der Waals surface area contributed by atoms with Gasteiger partial charge < -0.3 is 10.3 Å². The molecule has 0 aromatic carbocycles. The van der Waals surface area contributed by atoms with Gasteiger partial charge in [-0.2, -0.15) is 0 Å². The van der Waals surface area contributed by atoms with Gasteiger partial charge in [0.05, 0.1) is 0 Å². The summed E-state index contributed by atoms with van der Waals surface area (Å²) in [6.07, 6.45) is 5.66. The van der Waals surface area contributed by atoms with E-state index < -0.39 is 0 Å². The van der Waals surface area contributed by atoms with Gasteiger partial charge in [-0.05, 0) is 30.4 Å². The van der Waals surface area contributed by atoms with Crippen LogP contribution in [0.3, 0.4) is 0 Å². The highest BCUT2D eigenvalue weighted by atomic mass is 14.9. The van der Waals surface area contributed by atoms with Crippen molar-refractivity contribution in [3.05, 3.63) is 23.5 Å². The minimum atomic E-state index is 0.277. The van der Waals surface area contributed by atoms with Crippen LogP contribution in [0, 0.1) is 5.92 Å². The van der Waals surface area contributed by atoms with Crippen LogP contribution in [-0.2, 0) is 13.5 Å². The van der Waals surface area contributed by atoms with Crippen LogP contribution in [-0.4, -0.2) is 10.6 Å². The molecule has 0 fully saturated rings. The van der Waals surface area contributed by atoms with Crippen molar-refractivity contribution in [3.8, 4) is 0 Å². The first-order chi connectivity index (χ1) is 6.09. The van der Waals surface area contributed by atoms with Crippen molar-refractivity contribution in [1.82, 2.24) is 4.57 Å². The van der Waals surface area contributed by atoms with Crippen molar-refractivity contribution in [3.63, 3.8) is 0 Å². The Morgan fingerprint density at radius 2 is 2.23 bits per heavy atom. The van der Waals surface area contributed by atoms with Crippen LogP contribution in [0.4, 0.5) is 0 Å². The lowest BCUT2D eigenvalue weighted by molar-refractivity contribution is 0.437. The van der Waals surface area contributed by atoms with Gasteiger partial charge >= 0.3 is 0 Å². The molecule has 0 bridgehead atoms. The lowest BCUT2D eigenvalue weighted by atomic mass is 9.89. The molecule has 1 heterocycles. The third kappa shape index (κ3) is 1.29. The zero-order valence-corrected chi connectivity index (χ0v) is 8.62. The summed E-state index contributed by atoms with van der Waals surface area (Å²) in [7, 11) is 2.08. The first kappa shape index (κ1) is 8.82. The first-order valence-corrected chi connectivity index (χ1v) is 5.00. The van der Waals surface area contributed by atoms with Crippen LogP contribution in [0.1, 0.15) is 30.9 Å². The van der Waals surface area contributed by atoms with E-state index in [0.29, 0.717) is 11.8 Å². The van der Waals surface area contributed by atoms with E-state index in [4.69, 9.17) is 5.73 Å². The second-order valence-corrected chi connectivity index (χ2v) is 4.47. The highest BCUT2D eigenvalue weighted by molar-refractivity contribution is 5.35. The van der Waals surface area contributed by atoms with Crippen molar-refractivity contribution in [2.45, 2.75) is 32.2 Å². The summed E-state index contributed by atoms with van der Waals surface area (Å²) in [5.74, 6) is 1.28. The van der Waals surface area contributed by atoms with Gasteiger partial charge in [0, 0.05) is 31.4 Å². The molecule has 3 atom stereocenters. The molecule has 0 amide bonds. The van der Waals surface area contributed by atoms with Crippen molar-refractivity contribution in [2.24, 2.45) is 18.7 Å².